The van der Waals surface area contributed by atoms with Crippen molar-refractivity contribution in [2.24, 2.45) is 0 Å². The van der Waals surface area contributed by atoms with Gasteiger partial charge in [-0.25, -0.2) is 0 Å². The minimum atomic E-state index is -0.0380. The molecule has 72 valence electrons. The summed E-state index contributed by atoms with van der Waals surface area (Å²) in [6.45, 7) is 0. The molecule has 0 aliphatic carbocycles. The number of aromatic amines is 1. The first kappa shape index (κ1) is 8.24. The molecule has 1 heterocycles. The lowest BCUT2D eigenvalue weighted by atomic mass is 10.1. The zero-order chi connectivity index (χ0) is 10.3. The lowest BCUT2D eigenvalue weighted by Crippen LogP contribution is -1.92. The second-order valence-corrected chi connectivity index (χ2v) is 3.58. The van der Waals surface area contributed by atoms with Gasteiger partial charge in [-0.15, -0.1) is 0 Å². The maximum Gasteiger partial charge on any atom is 0.249 e. The molecule has 1 aromatic heterocycles. The van der Waals surface area contributed by atoms with Gasteiger partial charge in [0.2, 0.25) is 5.56 Å². The highest BCUT2D eigenvalue weighted by Gasteiger charge is 2.01. The quantitative estimate of drug-likeness (QED) is 0.587. The summed E-state index contributed by atoms with van der Waals surface area (Å²) in [7, 11) is 0. The molecule has 0 bridgehead atoms. The summed E-state index contributed by atoms with van der Waals surface area (Å²) in [6.07, 6.45) is 0. The molecule has 0 radical (unpaired) electrons. The number of H-pyrrole nitrogens is 1. The Morgan fingerprint density at radius 1 is 0.867 bits per heavy atom. The Morgan fingerprint density at radius 3 is 2.60 bits per heavy atom. The van der Waals surface area contributed by atoms with Crippen LogP contribution in [-0.4, -0.2) is 4.98 Å². The zero-order valence-corrected chi connectivity index (χ0v) is 8.03. The van der Waals surface area contributed by atoms with E-state index in [1.54, 1.807) is 6.07 Å². The number of aromatic nitrogens is 1. The fourth-order valence-corrected chi connectivity index (χ4v) is 1.91. The zero-order valence-electron chi connectivity index (χ0n) is 8.03. The summed E-state index contributed by atoms with van der Waals surface area (Å²) in [5, 5.41) is 3.19. The summed E-state index contributed by atoms with van der Waals surface area (Å²) in [5.74, 6) is 0. The van der Waals surface area contributed by atoms with Crippen LogP contribution in [0.3, 0.4) is 0 Å². The van der Waals surface area contributed by atoms with Crippen LogP contribution in [0.4, 0.5) is 0 Å². The first-order valence-electron chi connectivity index (χ1n) is 4.85. The van der Waals surface area contributed by atoms with Crippen molar-refractivity contribution in [2.45, 2.75) is 0 Å². The second-order valence-electron chi connectivity index (χ2n) is 3.58. The van der Waals surface area contributed by atoms with Crippen LogP contribution >= 0.6 is 0 Å². The van der Waals surface area contributed by atoms with Crippen molar-refractivity contribution in [3.8, 4) is 0 Å². The van der Waals surface area contributed by atoms with Crippen LogP contribution in [0.25, 0.3) is 21.7 Å². The molecule has 0 saturated heterocycles. The minimum absolute atomic E-state index is 0.0380. The predicted octanol–water partition coefficient (Wildman–Crippen LogP) is 2.68. The van der Waals surface area contributed by atoms with Crippen LogP contribution in [0.15, 0.2) is 53.3 Å². The van der Waals surface area contributed by atoms with E-state index >= 15 is 0 Å². The Bertz CT molecular complexity index is 697. The van der Waals surface area contributed by atoms with Gasteiger partial charge in [-0.3, -0.25) is 4.79 Å². The van der Waals surface area contributed by atoms with Crippen molar-refractivity contribution in [2.75, 3.05) is 0 Å². The normalized spacial score (nSPS) is 10.9. The molecule has 0 aliphatic rings. The molecule has 0 unspecified atom stereocenters. The van der Waals surface area contributed by atoms with Gasteiger partial charge in [-0.05, 0) is 5.39 Å². The highest BCUT2D eigenvalue weighted by atomic mass is 16.1. The Morgan fingerprint density at radius 2 is 1.67 bits per heavy atom. The van der Waals surface area contributed by atoms with Gasteiger partial charge < -0.3 is 4.98 Å². The first-order chi connectivity index (χ1) is 7.34. The van der Waals surface area contributed by atoms with Gasteiger partial charge in [0.05, 0.1) is 5.52 Å². The SMILES string of the molecule is O=c1cc2ccc3cccccc3c2[nH]1. The Labute approximate surface area is 86.2 Å². The molecule has 0 atom stereocenters. The van der Waals surface area contributed by atoms with Crippen molar-refractivity contribution < 1.29 is 0 Å². The molecule has 0 saturated carbocycles. The third kappa shape index (κ3) is 1.22. The van der Waals surface area contributed by atoms with Crippen molar-refractivity contribution >= 4 is 21.7 Å². The van der Waals surface area contributed by atoms with Crippen LogP contribution in [0.2, 0.25) is 0 Å². The second kappa shape index (κ2) is 2.95. The topological polar surface area (TPSA) is 32.9 Å². The highest BCUT2D eigenvalue weighted by molar-refractivity contribution is 6.05. The number of hydrogen-bond acceptors (Lipinski definition) is 1. The van der Waals surface area contributed by atoms with E-state index in [0.29, 0.717) is 0 Å². The van der Waals surface area contributed by atoms with E-state index in [-0.39, 0.29) is 5.56 Å². The largest absolute Gasteiger partial charge is 0.321 e. The minimum Gasteiger partial charge on any atom is -0.321 e. The van der Waals surface area contributed by atoms with Crippen molar-refractivity contribution in [3.63, 3.8) is 0 Å². The van der Waals surface area contributed by atoms with Gasteiger partial charge in [0, 0.05) is 16.8 Å². The average molecular weight is 195 g/mol. The number of nitrogens with one attached hydrogen (secondary N) is 1. The first-order valence-corrected chi connectivity index (χ1v) is 4.85. The molecule has 0 aliphatic heterocycles. The fourth-order valence-electron chi connectivity index (χ4n) is 1.91. The van der Waals surface area contributed by atoms with Crippen LogP contribution in [0, 0.1) is 0 Å². The number of fused-ring (bicyclic) bond motifs is 3. The molecule has 3 aromatic rings. The lowest BCUT2D eigenvalue weighted by molar-refractivity contribution is 1.37. The Kier molecular flexibility index (Phi) is 1.62. The van der Waals surface area contributed by atoms with Gasteiger partial charge in [0.25, 0.3) is 0 Å². The summed E-state index contributed by atoms with van der Waals surface area (Å²) in [6, 6.07) is 15.6. The van der Waals surface area contributed by atoms with Gasteiger partial charge in [-0.1, -0.05) is 42.5 Å². The summed E-state index contributed by atoms with van der Waals surface area (Å²) in [4.78, 5) is 14.1. The number of benzene rings is 1. The van der Waals surface area contributed by atoms with E-state index in [0.717, 1.165) is 21.7 Å². The molecular formula is C13H9NO. The Hall–Kier alpha value is -2.09. The van der Waals surface area contributed by atoms with Crippen molar-refractivity contribution in [1.29, 1.82) is 0 Å². The molecular weight excluding hydrogens is 186 g/mol. The number of rotatable bonds is 0. The van der Waals surface area contributed by atoms with E-state index in [9.17, 15) is 4.79 Å². The third-order valence-corrected chi connectivity index (χ3v) is 2.61. The van der Waals surface area contributed by atoms with Crippen LogP contribution in [0.1, 0.15) is 0 Å². The molecule has 2 nitrogen and oxygen atoms in total. The smallest absolute Gasteiger partial charge is 0.249 e. The van der Waals surface area contributed by atoms with E-state index in [1.165, 1.54) is 0 Å². The van der Waals surface area contributed by atoms with E-state index in [4.69, 9.17) is 0 Å². The van der Waals surface area contributed by atoms with Gasteiger partial charge in [0.15, 0.2) is 0 Å². The molecule has 0 spiro atoms. The molecule has 3 rings (SSSR count). The van der Waals surface area contributed by atoms with E-state index in [1.807, 2.05) is 42.5 Å². The molecule has 15 heavy (non-hydrogen) atoms. The summed E-state index contributed by atoms with van der Waals surface area (Å²) >= 11 is 0. The highest BCUT2D eigenvalue weighted by Crippen LogP contribution is 2.21. The molecule has 2 aromatic carbocycles. The van der Waals surface area contributed by atoms with Gasteiger partial charge >= 0.3 is 0 Å². The monoisotopic (exact) mass is 195 g/mol. The molecule has 0 amide bonds. The van der Waals surface area contributed by atoms with E-state index < -0.39 is 0 Å². The van der Waals surface area contributed by atoms with Crippen LogP contribution in [0.5, 0.6) is 0 Å². The maximum absolute atomic E-state index is 11.3. The maximum atomic E-state index is 11.3. The third-order valence-electron chi connectivity index (χ3n) is 2.61. The Balaban J connectivity index is 2.65. The summed E-state index contributed by atoms with van der Waals surface area (Å²) in [5.41, 5.74) is 0.887. The van der Waals surface area contributed by atoms with Crippen molar-refractivity contribution in [1.82, 2.24) is 4.98 Å². The van der Waals surface area contributed by atoms with Crippen LogP contribution in [-0.2, 0) is 0 Å². The molecule has 2 heteroatoms. The standard InChI is InChI=1S/C13H9NO/c15-12-8-10-7-6-9-4-2-1-3-5-11(9)13(10)14-12/h1-8H,(H,14,15). The van der Waals surface area contributed by atoms with Gasteiger partial charge in [-0.2, -0.15) is 0 Å². The molecule has 1 N–H and O–H groups in total. The van der Waals surface area contributed by atoms with Crippen LogP contribution < -0.4 is 5.56 Å². The summed E-state index contributed by atoms with van der Waals surface area (Å²) < 4.78 is 0. The van der Waals surface area contributed by atoms with E-state index in [2.05, 4.69) is 4.98 Å². The van der Waals surface area contributed by atoms with Crippen molar-refractivity contribution in [3.05, 3.63) is 58.9 Å². The lowest BCUT2D eigenvalue weighted by Gasteiger charge is -1.94. The fraction of sp³-hybridized carbons (Fsp3) is 0. The predicted molar refractivity (Wildman–Crippen MR) is 62.1 cm³/mol. The number of hydrogen-bond donors (Lipinski definition) is 1. The molecule has 0 fully saturated rings. The average Bonchev–Trinajstić information content (AvgIpc) is 2.48. The van der Waals surface area contributed by atoms with Gasteiger partial charge in [0.1, 0.15) is 0 Å².